The summed E-state index contributed by atoms with van der Waals surface area (Å²) in [5.74, 6) is -0.273. The Bertz CT molecular complexity index is 524. The fourth-order valence-corrected chi connectivity index (χ4v) is 2.93. The molecule has 1 fully saturated rings. The number of para-hydroxylation sites is 1. The molecule has 2 amide bonds. The Balaban J connectivity index is 2.10. The molecule has 0 spiro atoms. The van der Waals surface area contributed by atoms with Crippen molar-refractivity contribution >= 4 is 17.5 Å². The van der Waals surface area contributed by atoms with Gasteiger partial charge in [0.05, 0.1) is 0 Å². The Labute approximate surface area is 132 Å². The van der Waals surface area contributed by atoms with E-state index in [1.165, 1.54) is 0 Å². The van der Waals surface area contributed by atoms with Crippen LogP contribution in [0.4, 0.5) is 5.69 Å². The normalized spacial score (nSPS) is 15.7. The Morgan fingerprint density at radius 1 is 1.14 bits per heavy atom. The number of anilines is 1. The second-order valence-electron chi connectivity index (χ2n) is 6.09. The monoisotopic (exact) mass is 302 g/mol. The van der Waals surface area contributed by atoms with Crippen LogP contribution in [0, 0.1) is 5.92 Å². The van der Waals surface area contributed by atoms with Crippen molar-refractivity contribution in [3.05, 3.63) is 29.3 Å². The van der Waals surface area contributed by atoms with E-state index in [2.05, 4.69) is 26.1 Å². The maximum atomic E-state index is 12.3. The van der Waals surface area contributed by atoms with E-state index in [4.69, 9.17) is 0 Å². The predicted molar refractivity (Wildman–Crippen MR) is 88.8 cm³/mol. The number of carbonyl (C=O) groups excluding carboxylic acids is 2. The van der Waals surface area contributed by atoms with Gasteiger partial charge in [0.15, 0.2) is 0 Å². The first kappa shape index (κ1) is 16.5. The Hall–Kier alpha value is -1.84. The second kappa shape index (κ2) is 7.43. The van der Waals surface area contributed by atoms with Gasteiger partial charge in [0, 0.05) is 18.8 Å². The van der Waals surface area contributed by atoms with Crippen molar-refractivity contribution in [2.45, 2.75) is 46.5 Å². The zero-order valence-electron chi connectivity index (χ0n) is 13.8. The SMILES string of the molecule is CCc1cccc(CC)c1NC(=O)C(=O)N1CCC(C)CC1. The van der Waals surface area contributed by atoms with Gasteiger partial charge in [-0.2, -0.15) is 0 Å². The number of nitrogens with one attached hydrogen (secondary N) is 1. The smallest absolute Gasteiger partial charge is 0.313 e. The average molecular weight is 302 g/mol. The standard InChI is InChI=1S/C18H26N2O2/c1-4-14-7-6-8-15(5-2)16(14)19-17(21)18(22)20-11-9-13(3)10-12-20/h6-8,13H,4-5,9-12H2,1-3H3,(H,19,21). The summed E-state index contributed by atoms with van der Waals surface area (Å²) in [6.07, 6.45) is 3.62. The maximum Gasteiger partial charge on any atom is 0.313 e. The van der Waals surface area contributed by atoms with Gasteiger partial charge in [-0.3, -0.25) is 9.59 Å². The first-order valence-electron chi connectivity index (χ1n) is 8.27. The topological polar surface area (TPSA) is 49.4 Å². The quantitative estimate of drug-likeness (QED) is 0.873. The molecular weight excluding hydrogens is 276 g/mol. The summed E-state index contributed by atoms with van der Waals surface area (Å²) in [6, 6.07) is 6.00. The third kappa shape index (κ3) is 3.67. The van der Waals surface area contributed by atoms with E-state index in [9.17, 15) is 9.59 Å². The molecule has 2 rings (SSSR count). The van der Waals surface area contributed by atoms with E-state index in [1.54, 1.807) is 4.90 Å². The number of carbonyl (C=O) groups is 2. The van der Waals surface area contributed by atoms with Crippen molar-refractivity contribution < 1.29 is 9.59 Å². The van der Waals surface area contributed by atoms with Gasteiger partial charge < -0.3 is 10.2 Å². The molecule has 0 aliphatic carbocycles. The van der Waals surface area contributed by atoms with Gasteiger partial charge in [-0.15, -0.1) is 0 Å². The molecule has 1 aromatic rings. The van der Waals surface area contributed by atoms with Crippen molar-refractivity contribution in [1.82, 2.24) is 4.90 Å². The van der Waals surface area contributed by atoms with Crippen molar-refractivity contribution in [3.8, 4) is 0 Å². The molecule has 0 radical (unpaired) electrons. The number of amides is 2. The molecule has 120 valence electrons. The number of benzene rings is 1. The summed E-state index contributed by atoms with van der Waals surface area (Å²) < 4.78 is 0. The van der Waals surface area contributed by atoms with Crippen LogP contribution in [0.1, 0.15) is 44.7 Å². The van der Waals surface area contributed by atoms with Gasteiger partial charge >= 0.3 is 11.8 Å². The first-order valence-corrected chi connectivity index (χ1v) is 8.27. The third-order valence-electron chi connectivity index (χ3n) is 4.50. The molecule has 0 bridgehead atoms. The van der Waals surface area contributed by atoms with Gasteiger partial charge in [-0.1, -0.05) is 39.0 Å². The Kier molecular flexibility index (Phi) is 5.58. The van der Waals surface area contributed by atoms with Gasteiger partial charge in [-0.05, 0) is 42.7 Å². The van der Waals surface area contributed by atoms with E-state index < -0.39 is 11.8 Å². The molecule has 4 heteroatoms. The molecule has 1 heterocycles. The lowest BCUT2D eigenvalue weighted by molar-refractivity contribution is -0.144. The van der Waals surface area contributed by atoms with Crippen LogP contribution in [0.25, 0.3) is 0 Å². The average Bonchev–Trinajstić information content (AvgIpc) is 2.55. The molecule has 1 aromatic carbocycles. The molecule has 1 saturated heterocycles. The van der Waals surface area contributed by atoms with Crippen molar-refractivity contribution in [2.24, 2.45) is 5.92 Å². The van der Waals surface area contributed by atoms with Crippen LogP contribution in [-0.2, 0) is 22.4 Å². The molecule has 22 heavy (non-hydrogen) atoms. The Morgan fingerprint density at radius 2 is 1.68 bits per heavy atom. The molecule has 0 aromatic heterocycles. The summed E-state index contributed by atoms with van der Waals surface area (Å²) in [5, 5.41) is 2.86. The first-order chi connectivity index (χ1) is 10.6. The fourth-order valence-electron chi connectivity index (χ4n) is 2.93. The van der Waals surface area contributed by atoms with Gasteiger partial charge in [0.25, 0.3) is 0 Å². The highest BCUT2D eigenvalue weighted by molar-refractivity contribution is 6.39. The summed E-state index contributed by atoms with van der Waals surface area (Å²) in [6.45, 7) is 7.66. The Morgan fingerprint density at radius 3 is 2.18 bits per heavy atom. The zero-order chi connectivity index (χ0) is 16.1. The van der Waals surface area contributed by atoms with E-state index in [0.29, 0.717) is 19.0 Å². The van der Waals surface area contributed by atoms with E-state index in [-0.39, 0.29) is 0 Å². The van der Waals surface area contributed by atoms with E-state index in [0.717, 1.165) is 42.5 Å². The minimum Gasteiger partial charge on any atom is -0.334 e. The maximum absolute atomic E-state index is 12.3. The zero-order valence-corrected chi connectivity index (χ0v) is 13.8. The van der Waals surface area contributed by atoms with Crippen LogP contribution in [-0.4, -0.2) is 29.8 Å². The van der Waals surface area contributed by atoms with Crippen LogP contribution in [0.5, 0.6) is 0 Å². The number of rotatable bonds is 3. The van der Waals surface area contributed by atoms with Crippen LogP contribution < -0.4 is 5.32 Å². The van der Waals surface area contributed by atoms with Crippen LogP contribution in [0.15, 0.2) is 18.2 Å². The summed E-state index contributed by atoms with van der Waals surface area (Å²) in [5.41, 5.74) is 2.97. The number of likely N-dealkylation sites (tertiary alicyclic amines) is 1. The van der Waals surface area contributed by atoms with Gasteiger partial charge in [0.1, 0.15) is 0 Å². The van der Waals surface area contributed by atoms with Crippen LogP contribution in [0.2, 0.25) is 0 Å². The number of piperidine rings is 1. The van der Waals surface area contributed by atoms with E-state index in [1.807, 2.05) is 18.2 Å². The van der Waals surface area contributed by atoms with E-state index >= 15 is 0 Å². The molecule has 0 saturated carbocycles. The molecule has 0 atom stereocenters. The summed E-state index contributed by atoms with van der Waals surface area (Å²) in [7, 11) is 0. The van der Waals surface area contributed by atoms with Crippen molar-refractivity contribution in [3.63, 3.8) is 0 Å². The number of aryl methyl sites for hydroxylation is 2. The minimum atomic E-state index is -0.509. The summed E-state index contributed by atoms with van der Waals surface area (Å²) in [4.78, 5) is 26.3. The highest BCUT2D eigenvalue weighted by Gasteiger charge is 2.26. The minimum absolute atomic E-state index is 0.403. The summed E-state index contributed by atoms with van der Waals surface area (Å²) >= 11 is 0. The number of nitrogens with zero attached hydrogens (tertiary/aromatic N) is 1. The van der Waals surface area contributed by atoms with Crippen LogP contribution in [0.3, 0.4) is 0 Å². The molecular formula is C18H26N2O2. The molecule has 1 aliphatic heterocycles. The van der Waals surface area contributed by atoms with Gasteiger partial charge in [-0.25, -0.2) is 0 Å². The third-order valence-corrected chi connectivity index (χ3v) is 4.50. The highest BCUT2D eigenvalue weighted by atomic mass is 16.2. The fraction of sp³-hybridized carbons (Fsp3) is 0.556. The van der Waals surface area contributed by atoms with Crippen molar-refractivity contribution in [1.29, 1.82) is 0 Å². The van der Waals surface area contributed by atoms with Gasteiger partial charge in [0.2, 0.25) is 0 Å². The molecule has 0 unspecified atom stereocenters. The molecule has 1 aliphatic rings. The lowest BCUT2D eigenvalue weighted by Crippen LogP contribution is -2.44. The number of hydrogen-bond donors (Lipinski definition) is 1. The molecule has 1 N–H and O–H groups in total. The van der Waals surface area contributed by atoms with Crippen LogP contribution >= 0.6 is 0 Å². The lowest BCUT2D eigenvalue weighted by Gasteiger charge is -2.29. The lowest BCUT2D eigenvalue weighted by atomic mass is 9.99. The second-order valence-corrected chi connectivity index (χ2v) is 6.09. The van der Waals surface area contributed by atoms with Crippen molar-refractivity contribution in [2.75, 3.05) is 18.4 Å². The highest BCUT2D eigenvalue weighted by Crippen LogP contribution is 2.23. The largest absolute Gasteiger partial charge is 0.334 e. The predicted octanol–water partition coefficient (Wildman–Crippen LogP) is 3.01. The molecule has 4 nitrogen and oxygen atoms in total. The number of hydrogen-bond acceptors (Lipinski definition) is 2.